The predicted octanol–water partition coefficient (Wildman–Crippen LogP) is 3.53. The molecule has 0 radical (unpaired) electrons. The second-order valence-electron chi connectivity index (χ2n) is 10.0. The van der Waals surface area contributed by atoms with E-state index in [-0.39, 0.29) is 29.6 Å². The van der Waals surface area contributed by atoms with Crippen molar-refractivity contribution in [2.75, 3.05) is 0 Å². The third kappa shape index (κ3) is 4.74. The molecule has 240 valence electrons. The average Bonchev–Trinajstić information content (AvgIpc) is 3.00. The quantitative estimate of drug-likeness (QED) is 0.175. The minimum absolute atomic E-state index is 0. The predicted molar refractivity (Wildman–Crippen MR) is 128 cm³/mol. The second-order valence-corrected chi connectivity index (χ2v) is 10.0. The van der Waals surface area contributed by atoms with E-state index in [1.165, 1.54) is 0 Å². The van der Waals surface area contributed by atoms with Crippen molar-refractivity contribution in [3.05, 3.63) is 115 Å². The molecule has 0 aliphatic heterocycles. The zero-order valence-corrected chi connectivity index (χ0v) is 25.6. The summed E-state index contributed by atoms with van der Waals surface area (Å²) in [6.07, 6.45) is -6.55. The molecule has 0 spiro atoms. The van der Waals surface area contributed by atoms with Crippen LogP contribution in [-0.4, -0.2) is 6.15 Å². The maximum Gasteiger partial charge on any atom is 1.00 e. The van der Waals surface area contributed by atoms with Crippen LogP contribution < -0.4 is 51.4 Å². The maximum absolute atomic E-state index is 15.8. The van der Waals surface area contributed by atoms with E-state index in [1.54, 1.807) is 0 Å². The summed E-state index contributed by atoms with van der Waals surface area (Å²) in [6, 6.07) is 0. The van der Waals surface area contributed by atoms with Gasteiger partial charge in [0.15, 0.2) is 46.5 Å². The van der Waals surface area contributed by atoms with E-state index in [2.05, 4.69) is 0 Å². The fourth-order valence-electron chi connectivity index (χ4n) is 5.42. The van der Waals surface area contributed by atoms with Crippen LogP contribution in [0.25, 0.3) is 0 Å². The molecule has 4 aromatic carbocycles. The van der Waals surface area contributed by atoms with Crippen LogP contribution in [0.4, 0.5) is 70.2 Å². The average molecular weight is 686 g/mol. The summed E-state index contributed by atoms with van der Waals surface area (Å²) in [6.45, 7) is 1.17. The Morgan fingerprint density at radius 3 is 0.457 bits per heavy atom. The van der Waals surface area contributed by atoms with Gasteiger partial charge in [-0.1, -0.05) is 0 Å². The number of benzene rings is 4. The zero-order chi connectivity index (χ0) is 34.4. The monoisotopic (exact) mass is 686 g/mol. The molecule has 0 saturated carbocycles. The third-order valence-electron chi connectivity index (χ3n) is 7.80. The molecule has 0 nitrogen and oxygen atoms in total. The SMILES string of the molecule is Cc1c(F)c(F)c([B-](c2c(F)c(F)c(C)c(F)c2F)(c2c(F)c(F)c(C)c(F)c2F)c2c(F)c(F)c(C)c(F)c2F)c(F)c1F.[Na+]. The van der Waals surface area contributed by atoms with Crippen LogP contribution in [0.5, 0.6) is 0 Å². The van der Waals surface area contributed by atoms with Crippen molar-refractivity contribution in [2.24, 2.45) is 0 Å². The molecule has 0 fully saturated rings. The Balaban J connectivity index is 0.00000576. The van der Waals surface area contributed by atoms with Gasteiger partial charge in [0.05, 0.1) is 0 Å². The molecule has 4 aromatic rings. The maximum atomic E-state index is 15.8. The van der Waals surface area contributed by atoms with Gasteiger partial charge < -0.3 is 0 Å². The van der Waals surface area contributed by atoms with Gasteiger partial charge in [0, 0.05) is 22.3 Å². The van der Waals surface area contributed by atoms with Crippen molar-refractivity contribution < 1.29 is 99.8 Å². The Kier molecular flexibility index (Phi) is 10.1. The Bertz CT molecular complexity index is 1570. The van der Waals surface area contributed by atoms with E-state index in [0.717, 1.165) is 0 Å². The molecule has 4 rings (SSSR count). The van der Waals surface area contributed by atoms with Crippen LogP contribution in [-0.2, 0) is 0 Å². The standard InChI is InChI=1S/C28H12BF16.Na/c1-5-13(30)21(38)9(22(39)14(5)31)29(10-23(40)15(32)6(2)16(33)24(10)41,11-25(42)17(34)7(3)18(35)26(11)43)12-27(44)19(36)8(4)20(37)28(12)45;/h1-4H3;/q-1;+1. The number of hydrogen-bond donors (Lipinski definition) is 0. The fraction of sp³-hybridized carbons (Fsp3) is 0.143. The minimum atomic E-state index is -6.55. The molecule has 18 heteroatoms. The Hall–Kier alpha value is -3.18. The van der Waals surface area contributed by atoms with Crippen LogP contribution >= 0.6 is 0 Å². The van der Waals surface area contributed by atoms with Crippen LogP contribution in [0.2, 0.25) is 0 Å². The topological polar surface area (TPSA) is 0 Å². The molecule has 0 bridgehead atoms. The van der Waals surface area contributed by atoms with Crippen molar-refractivity contribution in [3.8, 4) is 0 Å². The minimum Gasteiger partial charge on any atom is -0.207 e. The molecule has 0 N–H and O–H groups in total. The smallest absolute Gasteiger partial charge is 0.207 e. The molecule has 0 amide bonds. The summed E-state index contributed by atoms with van der Waals surface area (Å²) in [7, 11) is 0. The summed E-state index contributed by atoms with van der Waals surface area (Å²) in [4.78, 5) is 0. The van der Waals surface area contributed by atoms with Gasteiger partial charge in [-0.05, 0) is 27.7 Å². The molecule has 0 unspecified atom stereocenters. The first-order valence-corrected chi connectivity index (χ1v) is 12.2. The molecular weight excluding hydrogens is 674 g/mol. The molecule has 46 heavy (non-hydrogen) atoms. The van der Waals surface area contributed by atoms with Gasteiger partial charge >= 0.3 is 29.6 Å². The number of rotatable bonds is 4. The van der Waals surface area contributed by atoms with E-state index >= 15 is 70.2 Å². The van der Waals surface area contributed by atoms with E-state index in [4.69, 9.17) is 0 Å². The molecular formula is C28H12BF16Na. The summed E-state index contributed by atoms with van der Waals surface area (Å²) in [5, 5.41) is 0. The molecule has 0 heterocycles. The van der Waals surface area contributed by atoms with E-state index in [9.17, 15) is 0 Å². The van der Waals surface area contributed by atoms with Crippen molar-refractivity contribution >= 4 is 28.0 Å². The van der Waals surface area contributed by atoms with Gasteiger partial charge in [-0.15, -0.1) is 21.9 Å². The second kappa shape index (κ2) is 12.5. The Labute approximate surface area is 270 Å². The van der Waals surface area contributed by atoms with Gasteiger partial charge in [0.1, 0.15) is 52.7 Å². The Morgan fingerprint density at radius 2 is 0.348 bits per heavy atom. The normalized spacial score (nSPS) is 11.7. The van der Waals surface area contributed by atoms with Crippen LogP contribution in [0.3, 0.4) is 0 Å². The van der Waals surface area contributed by atoms with Crippen molar-refractivity contribution in [1.29, 1.82) is 0 Å². The van der Waals surface area contributed by atoms with Crippen molar-refractivity contribution in [1.82, 2.24) is 0 Å². The van der Waals surface area contributed by atoms with E-state index < -0.39 is 143 Å². The first kappa shape index (κ1) is 37.3. The summed E-state index contributed by atoms with van der Waals surface area (Å²) >= 11 is 0. The third-order valence-corrected chi connectivity index (χ3v) is 7.80. The number of hydrogen-bond acceptors (Lipinski definition) is 0. The van der Waals surface area contributed by atoms with Crippen molar-refractivity contribution in [3.63, 3.8) is 0 Å². The summed E-state index contributed by atoms with van der Waals surface area (Å²) in [5.74, 6) is -45.7. The zero-order valence-electron chi connectivity index (χ0n) is 23.6. The molecule has 0 aromatic heterocycles. The van der Waals surface area contributed by atoms with Gasteiger partial charge in [0.2, 0.25) is 0 Å². The van der Waals surface area contributed by atoms with Crippen LogP contribution in [0.15, 0.2) is 0 Å². The van der Waals surface area contributed by atoms with Crippen LogP contribution in [0.1, 0.15) is 22.3 Å². The summed E-state index contributed by atoms with van der Waals surface area (Å²) < 4.78 is 247. The number of halogens is 16. The van der Waals surface area contributed by atoms with Gasteiger partial charge in [-0.2, -0.15) is 0 Å². The largest absolute Gasteiger partial charge is 1.00 e. The van der Waals surface area contributed by atoms with Gasteiger partial charge in [-0.3, -0.25) is 0 Å². The molecule has 0 atom stereocenters. The molecule has 0 aliphatic carbocycles. The van der Waals surface area contributed by atoms with Crippen LogP contribution in [0, 0.1) is 121 Å². The first-order chi connectivity index (χ1) is 20.7. The van der Waals surface area contributed by atoms with E-state index in [1.807, 2.05) is 0 Å². The van der Waals surface area contributed by atoms with E-state index in [0.29, 0.717) is 27.7 Å². The fourth-order valence-corrected chi connectivity index (χ4v) is 5.42. The molecule has 0 saturated heterocycles. The molecule has 0 aliphatic rings. The van der Waals surface area contributed by atoms with Gasteiger partial charge in [0.25, 0.3) is 0 Å². The summed E-state index contributed by atoms with van der Waals surface area (Å²) in [5.41, 5.74) is -18.5. The van der Waals surface area contributed by atoms with Gasteiger partial charge in [-0.25, -0.2) is 70.2 Å². The first-order valence-electron chi connectivity index (χ1n) is 12.2. The Morgan fingerprint density at radius 1 is 0.239 bits per heavy atom. The van der Waals surface area contributed by atoms with Crippen molar-refractivity contribution in [2.45, 2.75) is 27.7 Å².